The zero-order chi connectivity index (χ0) is 18.9. The van der Waals surface area contributed by atoms with E-state index in [0.29, 0.717) is 18.5 Å². The van der Waals surface area contributed by atoms with Gasteiger partial charge >= 0.3 is 5.97 Å². The number of aliphatic hydroxyl groups is 1. The number of nitrogens with zero attached hydrogens (tertiary/aromatic N) is 1. The molecule has 8 nitrogen and oxygen atoms in total. The van der Waals surface area contributed by atoms with E-state index in [9.17, 15) is 18.0 Å². The molecule has 0 unspecified atom stereocenters. The first-order chi connectivity index (χ1) is 12.4. The van der Waals surface area contributed by atoms with Crippen LogP contribution >= 0.6 is 0 Å². The number of methoxy groups -OCH3 is 1. The molecule has 1 aromatic rings. The van der Waals surface area contributed by atoms with E-state index in [4.69, 9.17) is 9.84 Å². The van der Waals surface area contributed by atoms with Crippen LogP contribution in [0.1, 0.15) is 12.8 Å². The van der Waals surface area contributed by atoms with Crippen molar-refractivity contribution in [1.29, 1.82) is 0 Å². The molecule has 0 bridgehead atoms. The lowest BCUT2D eigenvalue weighted by molar-refractivity contribution is -0.136. The average Bonchev–Trinajstić information content (AvgIpc) is 3.45. The highest BCUT2D eigenvalue weighted by Gasteiger charge is 2.37. The summed E-state index contributed by atoms with van der Waals surface area (Å²) in [5.74, 6) is -1.05. The molecule has 1 aromatic carbocycles. The first-order valence-corrected chi connectivity index (χ1v) is 9.75. The Kier molecular flexibility index (Phi) is 5.01. The lowest BCUT2D eigenvalue weighted by Crippen LogP contribution is -2.31. The van der Waals surface area contributed by atoms with E-state index in [1.54, 1.807) is 12.1 Å². The van der Waals surface area contributed by atoms with E-state index >= 15 is 0 Å². The summed E-state index contributed by atoms with van der Waals surface area (Å²) in [7, 11) is -2.06. The smallest absolute Gasteiger partial charge is 0.337 e. The van der Waals surface area contributed by atoms with Gasteiger partial charge in [0.1, 0.15) is 5.70 Å². The molecule has 0 saturated heterocycles. The summed E-state index contributed by atoms with van der Waals surface area (Å²) in [6.45, 7) is -0.0766. The van der Waals surface area contributed by atoms with E-state index in [0.717, 1.165) is 0 Å². The Hall–Kier alpha value is -2.39. The number of amides is 1. The molecular formula is C17H20N2O6S. The second-order valence-corrected chi connectivity index (χ2v) is 8.42. The molecule has 140 valence electrons. The molecule has 3 rings (SSSR count). The minimum Gasteiger partial charge on any atom is -0.466 e. The van der Waals surface area contributed by atoms with Crippen molar-refractivity contribution in [3.63, 3.8) is 0 Å². The first-order valence-electron chi connectivity index (χ1n) is 8.21. The maximum absolute atomic E-state index is 12.4. The van der Waals surface area contributed by atoms with Crippen molar-refractivity contribution in [3.05, 3.63) is 35.5 Å². The van der Waals surface area contributed by atoms with Crippen LogP contribution in [0.4, 0.5) is 5.69 Å². The van der Waals surface area contributed by atoms with Gasteiger partial charge in [0.05, 0.1) is 36.0 Å². The first kappa shape index (κ1) is 18.4. The van der Waals surface area contributed by atoms with Crippen LogP contribution in [0, 0.1) is 0 Å². The Labute approximate surface area is 151 Å². The Morgan fingerprint density at radius 2 is 1.96 bits per heavy atom. The zero-order valence-electron chi connectivity index (χ0n) is 14.3. The van der Waals surface area contributed by atoms with Crippen molar-refractivity contribution in [2.75, 3.05) is 32.1 Å². The van der Waals surface area contributed by atoms with Crippen LogP contribution < -0.4 is 5.32 Å². The molecule has 0 aromatic heterocycles. The molecule has 1 aliphatic heterocycles. The van der Waals surface area contributed by atoms with Crippen LogP contribution in [0.2, 0.25) is 0 Å². The standard InChI is InChI=1S/C17H20N2O6S/c1-25-17(22)14-10-19(8-9-20)16(21)15(14)18-11-2-4-12(5-3-11)26(23,24)13-6-7-13/h2-5,13,18,20H,6-10H2,1H3. The summed E-state index contributed by atoms with van der Waals surface area (Å²) in [6.07, 6.45) is 1.37. The van der Waals surface area contributed by atoms with E-state index in [1.807, 2.05) is 0 Å². The molecule has 0 atom stereocenters. The second kappa shape index (κ2) is 7.08. The van der Waals surface area contributed by atoms with Gasteiger partial charge in [-0.2, -0.15) is 0 Å². The molecule has 1 saturated carbocycles. The molecule has 1 fully saturated rings. The van der Waals surface area contributed by atoms with Gasteiger partial charge in [0.2, 0.25) is 0 Å². The van der Waals surface area contributed by atoms with Gasteiger partial charge in [-0.05, 0) is 37.1 Å². The van der Waals surface area contributed by atoms with Crippen molar-refractivity contribution in [2.24, 2.45) is 0 Å². The molecule has 1 heterocycles. The number of anilines is 1. The molecule has 2 aliphatic rings. The lowest BCUT2D eigenvalue weighted by Gasteiger charge is -2.15. The quantitative estimate of drug-likeness (QED) is 0.654. The molecule has 1 amide bonds. The number of rotatable bonds is 7. The molecule has 1 aliphatic carbocycles. The molecule has 0 spiro atoms. The highest BCUT2D eigenvalue weighted by atomic mass is 32.2. The van der Waals surface area contributed by atoms with Crippen molar-refractivity contribution >= 4 is 27.4 Å². The lowest BCUT2D eigenvalue weighted by atomic mass is 10.2. The number of carbonyl (C=O) groups is 2. The topological polar surface area (TPSA) is 113 Å². The Bertz CT molecular complexity index is 856. The Morgan fingerprint density at radius 1 is 1.31 bits per heavy atom. The number of nitrogens with one attached hydrogen (secondary N) is 1. The van der Waals surface area contributed by atoms with Gasteiger partial charge in [0, 0.05) is 12.2 Å². The number of hydrogen-bond donors (Lipinski definition) is 2. The largest absolute Gasteiger partial charge is 0.466 e. The summed E-state index contributed by atoms with van der Waals surface area (Å²) in [4.78, 5) is 26.0. The SMILES string of the molecule is COC(=O)C1=C(Nc2ccc(S(=O)(=O)C3CC3)cc2)C(=O)N(CCO)C1. The van der Waals surface area contributed by atoms with E-state index in [2.05, 4.69) is 5.32 Å². The fraction of sp³-hybridized carbons (Fsp3) is 0.412. The number of carbonyl (C=O) groups excluding carboxylic acids is 2. The highest BCUT2D eigenvalue weighted by molar-refractivity contribution is 7.92. The summed E-state index contributed by atoms with van der Waals surface area (Å²) >= 11 is 0. The minimum absolute atomic E-state index is 0.0442. The van der Waals surface area contributed by atoms with Gasteiger partial charge in [-0.25, -0.2) is 13.2 Å². The summed E-state index contributed by atoms with van der Waals surface area (Å²) in [5.41, 5.74) is 0.721. The van der Waals surface area contributed by atoms with Crippen LogP contribution in [-0.2, 0) is 24.2 Å². The van der Waals surface area contributed by atoms with E-state index < -0.39 is 21.7 Å². The van der Waals surface area contributed by atoms with Crippen molar-refractivity contribution < 1.29 is 27.9 Å². The fourth-order valence-corrected chi connectivity index (χ4v) is 4.45. The number of esters is 1. The van der Waals surface area contributed by atoms with Gasteiger partial charge in [-0.3, -0.25) is 4.79 Å². The summed E-state index contributed by atoms with van der Waals surface area (Å²) < 4.78 is 29.2. The van der Waals surface area contributed by atoms with Crippen LogP contribution in [0.15, 0.2) is 40.4 Å². The maximum atomic E-state index is 12.4. The number of sulfone groups is 1. The molecule has 2 N–H and O–H groups in total. The van der Waals surface area contributed by atoms with Crippen molar-refractivity contribution in [1.82, 2.24) is 4.90 Å². The zero-order valence-corrected chi connectivity index (χ0v) is 15.1. The molecule has 9 heteroatoms. The monoisotopic (exact) mass is 380 g/mol. The van der Waals surface area contributed by atoms with Gasteiger partial charge in [-0.1, -0.05) is 0 Å². The number of β-amino-alcohol motifs (C(OH)–C–C–N with tert-alkyl or cyclic N) is 1. The Balaban J connectivity index is 1.83. The number of ether oxygens (including phenoxy) is 1. The molecule has 0 radical (unpaired) electrons. The number of hydrogen-bond acceptors (Lipinski definition) is 7. The third kappa shape index (κ3) is 3.45. The Morgan fingerprint density at radius 3 is 2.50 bits per heavy atom. The van der Waals surface area contributed by atoms with Crippen LogP contribution in [-0.4, -0.2) is 62.4 Å². The number of benzene rings is 1. The fourth-order valence-electron chi connectivity index (χ4n) is 2.79. The van der Waals surface area contributed by atoms with Gasteiger partial charge in [-0.15, -0.1) is 0 Å². The highest BCUT2D eigenvalue weighted by Crippen LogP contribution is 2.34. The second-order valence-electron chi connectivity index (χ2n) is 6.19. The number of aliphatic hydroxyl groups excluding tert-OH is 1. The maximum Gasteiger partial charge on any atom is 0.337 e. The predicted octanol–water partition coefficient (Wildman–Crippen LogP) is 0.296. The van der Waals surface area contributed by atoms with Crippen LogP contribution in [0.3, 0.4) is 0 Å². The third-order valence-electron chi connectivity index (χ3n) is 4.37. The normalized spacial score (nSPS) is 17.6. The summed E-state index contributed by atoms with van der Waals surface area (Å²) in [5, 5.41) is 11.6. The van der Waals surface area contributed by atoms with Gasteiger partial charge < -0.3 is 20.1 Å². The summed E-state index contributed by atoms with van der Waals surface area (Å²) in [6, 6.07) is 6.08. The van der Waals surface area contributed by atoms with Crippen molar-refractivity contribution in [3.8, 4) is 0 Å². The van der Waals surface area contributed by atoms with Crippen LogP contribution in [0.25, 0.3) is 0 Å². The van der Waals surface area contributed by atoms with E-state index in [1.165, 1.54) is 24.1 Å². The van der Waals surface area contributed by atoms with Crippen molar-refractivity contribution in [2.45, 2.75) is 23.0 Å². The predicted molar refractivity (Wildman–Crippen MR) is 93.0 cm³/mol. The van der Waals surface area contributed by atoms with Gasteiger partial charge in [0.15, 0.2) is 9.84 Å². The molecular weight excluding hydrogens is 360 g/mol. The van der Waals surface area contributed by atoms with Gasteiger partial charge in [0.25, 0.3) is 5.91 Å². The minimum atomic E-state index is -3.28. The third-order valence-corrected chi connectivity index (χ3v) is 6.65. The van der Waals surface area contributed by atoms with Crippen LogP contribution in [0.5, 0.6) is 0 Å². The van der Waals surface area contributed by atoms with E-state index in [-0.39, 0.29) is 41.1 Å². The molecule has 26 heavy (non-hydrogen) atoms. The average molecular weight is 380 g/mol.